The average Bonchev–Trinajstić information content (AvgIpc) is 2.64. The normalized spacial score (nSPS) is 12.0. The van der Waals surface area contributed by atoms with Crippen LogP contribution in [0.25, 0.3) is 11.0 Å². The van der Waals surface area contributed by atoms with Gasteiger partial charge in [-0.25, -0.2) is 4.79 Å². The lowest BCUT2D eigenvalue weighted by atomic mass is 10.0. The highest BCUT2D eigenvalue weighted by molar-refractivity contribution is 5.89. The maximum atomic E-state index is 12.4. The zero-order valence-electron chi connectivity index (χ0n) is 15.8. The number of carbonyl (C=O) groups is 1. The second-order valence-electron chi connectivity index (χ2n) is 6.61. The lowest BCUT2D eigenvalue weighted by Gasteiger charge is -2.18. The van der Waals surface area contributed by atoms with Crippen molar-refractivity contribution in [3.8, 4) is 5.75 Å². The molecular weight excluding hydrogens is 344 g/mol. The molecule has 1 aromatic carbocycles. The molecule has 0 aliphatic rings. The van der Waals surface area contributed by atoms with Gasteiger partial charge in [0.1, 0.15) is 11.3 Å². The van der Waals surface area contributed by atoms with E-state index >= 15 is 0 Å². The highest BCUT2D eigenvalue weighted by atomic mass is 16.5. The number of ether oxygens (including phenoxy) is 1. The summed E-state index contributed by atoms with van der Waals surface area (Å²) < 4.78 is 11.3. The van der Waals surface area contributed by atoms with E-state index in [1.54, 1.807) is 32.3 Å². The van der Waals surface area contributed by atoms with Crippen molar-refractivity contribution in [2.24, 2.45) is 0 Å². The van der Waals surface area contributed by atoms with Crippen molar-refractivity contribution in [1.82, 2.24) is 10.3 Å². The molecule has 0 saturated heterocycles. The van der Waals surface area contributed by atoms with Crippen LogP contribution in [0, 0.1) is 20.8 Å². The van der Waals surface area contributed by atoms with Gasteiger partial charge in [0.05, 0.1) is 5.39 Å². The summed E-state index contributed by atoms with van der Waals surface area (Å²) in [6.07, 6.45) is 2.65. The fourth-order valence-corrected chi connectivity index (χ4v) is 2.86. The van der Waals surface area contributed by atoms with Crippen molar-refractivity contribution < 1.29 is 13.9 Å². The van der Waals surface area contributed by atoms with Crippen molar-refractivity contribution in [2.75, 3.05) is 0 Å². The molecule has 0 spiro atoms. The first kappa shape index (κ1) is 18.6. The Morgan fingerprint density at radius 2 is 1.89 bits per heavy atom. The Morgan fingerprint density at radius 3 is 2.59 bits per heavy atom. The van der Waals surface area contributed by atoms with Crippen LogP contribution in [0.3, 0.4) is 0 Å². The number of aromatic nitrogens is 1. The number of benzene rings is 1. The molecule has 2 aromatic heterocycles. The molecule has 2 heterocycles. The van der Waals surface area contributed by atoms with Crippen molar-refractivity contribution >= 4 is 16.9 Å². The molecule has 140 valence electrons. The van der Waals surface area contributed by atoms with Gasteiger partial charge in [0, 0.05) is 24.5 Å². The lowest BCUT2D eigenvalue weighted by Crippen LogP contribution is -2.36. The SMILES string of the molecule is Cc1cc(O[C@H](C)C(=O)NCc2ccncc2)c2c(C)c(C)c(=O)oc2c1. The molecule has 27 heavy (non-hydrogen) atoms. The Balaban J connectivity index is 1.84. The predicted molar refractivity (Wildman–Crippen MR) is 103 cm³/mol. The molecule has 1 atom stereocenters. The Labute approximate surface area is 157 Å². The number of nitrogens with zero attached hydrogens (tertiary/aromatic N) is 1. The van der Waals surface area contributed by atoms with Crippen LogP contribution >= 0.6 is 0 Å². The Hall–Kier alpha value is -3.15. The third-order valence-electron chi connectivity index (χ3n) is 4.55. The van der Waals surface area contributed by atoms with Crippen LogP contribution in [0.15, 0.2) is 45.9 Å². The van der Waals surface area contributed by atoms with Crippen LogP contribution in [-0.2, 0) is 11.3 Å². The van der Waals surface area contributed by atoms with Gasteiger partial charge < -0.3 is 14.5 Å². The molecule has 0 radical (unpaired) electrons. The van der Waals surface area contributed by atoms with Crippen molar-refractivity contribution in [3.63, 3.8) is 0 Å². The summed E-state index contributed by atoms with van der Waals surface area (Å²) in [5.41, 5.74) is 3.27. The summed E-state index contributed by atoms with van der Waals surface area (Å²) in [5.74, 6) is 0.300. The molecular formula is C21H22N2O4. The van der Waals surface area contributed by atoms with E-state index in [0.29, 0.717) is 28.8 Å². The summed E-state index contributed by atoms with van der Waals surface area (Å²) in [6.45, 7) is 7.55. The van der Waals surface area contributed by atoms with E-state index in [4.69, 9.17) is 9.15 Å². The molecule has 6 nitrogen and oxygen atoms in total. The number of amides is 1. The largest absolute Gasteiger partial charge is 0.480 e. The van der Waals surface area contributed by atoms with Gasteiger partial charge in [-0.3, -0.25) is 9.78 Å². The zero-order chi connectivity index (χ0) is 19.6. The van der Waals surface area contributed by atoms with Crippen LogP contribution in [0.1, 0.15) is 29.2 Å². The second kappa shape index (κ2) is 7.61. The smallest absolute Gasteiger partial charge is 0.339 e. The predicted octanol–water partition coefficient (Wildman–Crippen LogP) is 3.20. The minimum absolute atomic E-state index is 0.228. The molecule has 0 aliphatic heterocycles. The van der Waals surface area contributed by atoms with Crippen LogP contribution in [0.4, 0.5) is 0 Å². The molecule has 0 unspecified atom stereocenters. The minimum Gasteiger partial charge on any atom is -0.480 e. The van der Waals surface area contributed by atoms with Gasteiger partial charge in [-0.2, -0.15) is 0 Å². The maximum Gasteiger partial charge on any atom is 0.339 e. The van der Waals surface area contributed by atoms with E-state index < -0.39 is 6.10 Å². The fraction of sp³-hybridized carbons (Fsp3) is 0.286. The highest BCUT2D eigenvalue weighted by Gasteiger charge is 2.19. The quantitative estimate of drug-likeness (QED) is 0.701. The van der Waals surface area contributed by atoms with Gasteiger partial charge >= 0.3 is 5.63 Å². The molecule has 1 N–H and O–H groups in total. The molecule has 0 saturated carbocycles. The summed E-state index contributed by atoms with van der Waals surface area (Å²) in [6, 6.07) is 7.33. The number of nitrogens with one attached hydrogen (secondary N) is 1. The summed E-state index contributed by atoms with van der Waals surface area (Å²) in [7, 11) is 0. The Bertz CT molecular complexity index is 1040. The molecule has 6 heteroatoms. The second-order valence-corrected chi connectivity index (χ2v) is 6.61. The van der Waals surface area contributed by atoms with Crippen LogP contribution in [0.2, 0.25) is 0 Å². The third-order valence-corrected chi connectivity index (χ3v) is 4.55. The summed E-state index contributed by atoms with van der Waals surface area (Å²) in [5, 5.41) is 3.57. The number of aryl methyl sites for hydroxylation is 2. The highest BCUT2D eigenvalue weighted by Crippen LogP contribution is 2.31. The van der Waals surface area contributed by atoms with Crippen LogP contribution in [0.5, 0.6) is 5.75 Å². The van der Waals surface area contributed by atoms with Gasteiger partial charge in [-0.1, -0.05) is 0 Å². The van der Waals surface area contributed by atoms with E-state index in [2.05, 4.69) is 10.3 Å². The first-order chi connectivity index (χ1) is 12.9. The zero-order valence-corrected chi connectivity index (χ0v) is 15.8. The Kier molecular flexibility index (Phi) is 5.26. The van der Waals surface area contributed by atoms with Gasteiger partial charge in [0.15, 0.2) is 6.10 Å². The first-order valence-corrected chi connectivity index (χ1v) is 8.74. The van der Waals surface area contributed by atoms with E-state index in [1.165, 1.54) is 0 Å². The molecule has 0 fully saturated rings. The number of rotatable bonds is 5. The minimum atomic E-state index is -0.705. The number of pyridine rings is 1. The molecule has 0 aliphatic carbocycles. The molecule has 0 bridgehead atoms. The summed E-state index contributed by atoms with van der Waals surface area (Å²) >= 11 is 0. The Morgan fingerprint density at radius 1 is 1.19 bits per heavy atom. The molecule has 3 aromatic rings. The van der Waals surface area contributed by atoms with Gasteiger partial charge in [0.25, 0.3) is 5.91 Å². The summed E-state index contributed by atoms with van der Waals surface area (Å²) in [4.78, 5) is 28.3. The van der Waals surface area contributed by atoms with Gasteiger partial charge in [-0.15, -0.1) is 0 Å². The topological polar surface area (TPSA) is 81.4 Å². The number of fused-ring (bicyclic) bond motifs is 1. The van der Waals surface area contributed by atoms with E-state index in [-0.39, 0.29) is 11.5 Å². The first-order valence-electron chi connectivity index (χ1n) is 8.74. The number of carbonyl (C=O) groups excluding carboxylic acids is 1. The van der Waals surface area contributed by atoms with E-state index in [9.17, 15) is 9.59 Å². The maximum absolute atomic E-state index is 12.4. The monoisotopic (exact) mass is 366 g/mol. The van der Waals surface area contributed by atoms with Crippen molar-refractivity contribution in [1.29, 1.82) is 0 Å². The standard InChI is InChI=1S/C21H22N2O4/c1-12-9-17(19-13(2)14(3)21(25)27-18(19)10-12)26-15(4)20(24)23-11-16-5-7-22-8-6-16/h5-10,15H,11H2,1-4H3,(H,23,24)/t15-/m1/s1. The molecule has 3 rings (SSSR count). The van der Waals surface area contributed by atoms with Crippen molar-refractivity contribution in [3.05, 3.63) is 69.3 Å². The van der Waals surface area contributed by atoms with Crippen LogP contribution < -0.4 is 15.7 Å². The fourth-order valence-electron chi connectivity index (χ4n) is 2.86. The van der Waals surface area contributed by atoms with Crippen molar-refractivity contribution in [2.45, 2.75) is 40.3 Å². The third kappa shape index (κ3) is 4.00. The number of hydrogen-bond acceptors (Lipinski definition) is 5. The van der Waals surface area contributed by atoms with Crippen LogP contribution in [-0.4, -0.2) is 17.0 Å². The van der Waals surface area contributed by atoms with E-state index in [0.717, 1.165) is 16.7 Å². The molecule has 1 amide bonds. The van der Waals surface area contributed by atoms with Gasteiger partial charge in [0.2, 0.25) is 0 Å². The number of hydrogen-bond donors (Lipinski definition) is 1. The van der Waals surface area contributed by atoms with E-state index in [1.807, 2.05) is 32.0 Å². The van der Waals surface area contributed by atoms with Gasteiger partial charge in [-0.05, 0) is 68.7 Å². The average molecular weight is 366 g/mol. The lowest BCUT2D eigenvalue weighted by molar-refractivity contribution is -0.127.